The Balaban J connectivity index is 2.39. The van der Waals surface area contributed by atoms with Gasteiger partial charge in [-0.2, -0.15) is 0 Å². The molecule has 0 radical (unpaired) electrons. The highest BCUT2D eigenvalue weighted by Gasteiger charge is 2.12. The number of aryl methyl sites for hydroxylation is 2. The third kappa shape index (κ3) is 1.44. The molecule has 3 aromatic rings. The highest BCUT2D eigenvalue weighted by Crippen LogP contribution is 2.14. The molecule has 0 aliphatic carbocycles. The third-order valence-electron chi connectivity index (χ3n) is 2.96. The van der Waals surface area contributed by atoms with E-state index in [9.17, 15) is 4.79 Å². The van der Waals surface area contributed by atoms with Crippen LogP contribution in [-0.2, 0) is 7.05 Å². The molecule has 0 bridgehead atoms. The first-order valence-electron chi connectivity index (χ1n) is 5.64. The van der Waals surface area contributed by atoms with Crippen molar-refractivity contribution in [3.63, 3.8) is 0 Å². The van der Waals surface area contributed by atoms with E-state index in [4.69, 9.17) is 0 Å². The van der Waals surface area contributed by atoms with Gasteiger partial charge in [0, 0.05) is 18.9 Å². The largest absolute Gasteiger partial charge is 0.334 e. The summed E-state index contributed by atoms with van der Waals surface area (Å²) in [5.74, 6) is 0. The zero-order valence-electron chi connectivity index (χ0n) is 10.2. The molecule has 0 N–H and O–H groups in total. The van der Waals surface area contributed by atoms with Gasteiger partial charge in [0.25, 0.3) is 0 Å². The lowest BCUT2D eigenvalue weighted by Crippen LogP contribution is -2.21. The van der Waals surface area contributed by atoms with Crippen LogP contribution in [0, 0.1) is 6.92 Å². The van der Waals surface area contributed by atoms with E-state index in [-0.39, 0.29) is 5.69 Å². The van der Waals surface area contributed by atoms with E-state index in [1.807, 2.05) is 31.2 Å². The van der Waals surface area contributed by atoms with Crippen molar-refractivity contribution in [1.29, 1.82) is 0 Å². The van der Waals surface area contributed by atoms with Gasteiger partial charge in [0.05, 0.1) is 17.4 Å². The molecule has 0 amide bonds. The fraction of sp³-hybridized carbons (Fsp3) is 0.154. The van der Waals surface area contributed by atoms with Crippen LogP contribution in [0.15, 0.2) is 41.5 Å². The Morgan fingerprint density at radius 2 is 2.00 bits per heavy atom. The number of hydrogen-bond donors (Lipinski definition) is 0. The Hall–Kier alpha value is -2.43. The minimum absolute atomic E-state index is 0.116. The summed E-state index contributed by atoms with van der Waals surface area (Å²) in [4.78, 5) is 20.7. The first kappa shape index (κ1) is 10.7. The zero-order valence-corrected chi connectivity index (χ0v) is 10.2. The molecule has 5 heteroatoms. The second kappa shape index (κ2) is 3.80. The van der Waals surface area contributed by atoms with Crippen molar-refractivity contribution in [3.05, 3.63) is 52.8 Å². The number of pyridine rings is 2. The summed E-state index contributed by atoms with van der Waals surface area (Å²) in [6.45, 7) is 1.91. The van der Waals surface area contributed by atoms with E-state index in [0.717, 1.165) is 16.9 Å². The van der Waals surface area contributed by atoms with Crippen LogP contribution < -0.4 is 5.69 Å². The van der Waals surface area contributed by atoms with Crippen molar-refractivity contribution in [1.82, 2.24) is 19.1 Å². The molecule has 0 saturated heterocycles. The molecule has 90 valence electrons. The molecule has 3 heterocycles. The van der Waals surface area contributed by atoms with E-state index in [0.29, 0.717) is 5.65 Å². The average molecular weight is 240 g/mol. The maximum Gasteiger partial charge on any atom is 0.334 e. The predicted molar refractivity (Wildman–Crippen MR) is 68.8 cm³/mol. The minimum Gasteiger partial charge on any atom is -0.279 e. The molecule has 0 aliphatic heterocycles. The van der Waals surface area contributed by atoms with Gasteiger partial charge in [-0.3, -0.25) is 14.1 Å². The molecule has 0 unspecified atom stereocenters. The van der Waals surface area contributed by atoms with Crippen LogP contribution in [-0.4, -0.2) is 19.1 Å². The second-order valence-corrected chi connectivity index (χ2v) is 4.18. The number of nitrogens with zero attached hydrogens (tertiary/aromatic N) is 4. The third-order valence-corrected chi connectivity index (χ3v) is 2.96. The first-order valence-corrected chi connectivity index (χ1v) is 5.64. The minimum atomic E-state index is -0.116. The standard InChI is InChI=1S/C13H12N4O/c1-9-5-6-10(8-15-9)17-11-4-3-7-14-12(11)16(2)13(17)18/h3-8H,1-2H3. The number of rotatable bonds is 1. The zero-order chi connectivity index (χ0) is 12.7. The number of aromatic nitrogens is 4. The van der Waals surface area contributed by atoms with Crippen LogP contribution in [0.4, 0.5) is 0 Å². The summed E-state index contributed by atoms with van der Waals surface area (Å²) < 4.78 is 3.16. The highest BCUT2D eigenvalue weighted by molar-refractivity contribution is 5.73. The van der Waals surface area contributed by atoms with Crippen molar-refractivity contribution >= 4 is 11.2 Å². The number of fused-ring (bicyclic) bond motifs is 1. The number of imidazole rings is 1. The lowest BCUT2D eigenvalue weighted by molar-refractivity contribution is 0.836. The van der Waals surface area contributed by atoms with Crippen LogP contribution in [0.3, 0.4) is 0 Å². The van der Waals surface area contributed by atoms with Crippen LogP contribution in [0.5, 0.6) is 0 Å². The molecule has 5 nitrogen and oxygen atoms in total. The van der Waals surface area contributed by atoms with E-state index < -0.39 is 0 Å². The van der Waals surface area contributed by atoms with Gasteiger partial charge in [-0.05, 0) is 31.2 Å². The van der Waals surface area contributed by atoms with Gasteiger partial charge in [-0.25, -0.2) is 9.78 Å². The Morgan fingerprint density at radius 3 is 2.72 bits per heavy atom. The van der Waals surface area contributed by atoms with Crippen molar-refractivity contribution < 1.29 is 0 Å². The van der Waals surface area contributed by atoms with Gasteiger partial charge in [0.15, 0.2) is 5.65 Å². The maximum absolute atomic E-state index is 12.2. The molecule has 0 spiro atoms. The molecule has 3 aromatic heterocycles. The molecule has 0 fully saturated rings. The Morgan fingerprint density at radius 1 is 1.17 bits per heavy atom. The summed E-state index contributed by atoms with van der Waals surface area (Å²) in [7, 11) is 1.72. The van der Waals surface area contributed by atoms with E-state index >= 15 is 0 Å². The molecule has 18 heavy (non-hydrogen) atoms. The predicted octanol–water partition coefficient (Wildman–Crippen LogP) is 1.43. The summed E-state index contributed by atoms with van der Waals surface area (Å²) in [6.07, 6.45) is 3.38. The van der Waals surface area contributed by atoms with Crippen LogP contribution in [0.25, 0.3) is 16.9 Å². The van der Waals surface area contributed by atoms with Crippen molar-refractivity contribution in [3.8, 4) is 5.69 Å². The molecule has 0 aromatic carbocycles. The highest BCUT2D eigenvalue weighted by atomic mass is 16.1. The summed E-state index contributed by atoms with van der Waals surface area (Å²) in [5.41, 5.74) is 3.02. The Bertz CT molecular complexity index is 768. The van der Waals surface area contributed by atoms with Crippen LogP contribution in [0.2, 0.25) is 0 Å². The van der Waals surface area contributed by atoms with Gasteiger partial charge in [-0.1, -0.05) is 0 Å². The van der Waals surface area contributed by atoms with Gasteiger partial charge >= 0.3 is 5.69 Å². The fourth-order valence-electron chi connectivity index (χ4n) is 2.01. The van der Waals surface area contributed by atoms with Crippen molar-refractivity contribution in [2.45, 2.75) is 6.92 Å². The summed E-state index contributed by atoms with van der Waals surface area (Å²) >= 11 is 0. The second-order valence-electron chi connectivity index (χ2n) is 4.18. The van der Waals surface area contributed by atoms with Gasteiger partial charge in [0.1, 0.15) is 0 Å². The molecule has 0 saturated carbocycles. The first-order chi connectivity index (χ1) is 8.68. The maximum atomic E-state index is 12.2. The summed E-state index contributed by atoms with van der Waals surface area (Å²) in [6, 6.07) is 7.47. The van der Waals surface area contributed by atoms with Gasteiger partial charge in [-0.15, -0.1) is 0 Å². The molecule has 0 aliphatic rings. The molecule has 3 rings (SSSR count). The lowest BCUT2D eigenvalue weighted by atomic mass is 10.3. The van der Waals surface area contributed by atoms with Gasteiger partial charge < -0.3 is 0 Å². The molecular weight excluding hydrogens is 228 g/mol. The lowest BCUT2D eigenvalue weighted by Gasteiger charge is -2.02. The smallest absolute Gasteiger partial charge is 0.279 e. The SMILES string of the molecule is Cc1ccc(-n2c(=O)n(C)c3ncccc32)cn1. The Labute approximate surface area is 103 Å². The van der Waals surface area contributed by atoms with E-state index in [1.165, 1.54) is 4.57 Å². The summed E-state index contributed by atoms with van der Waals surface area (Å²) in [5, 5.41) is 0. The van der Waals surface area contributed by atoms with E-state index in [1.54, 1.807) is 24.0 Å². The molecular formula is C13H12N4O. The topological polar surface area (TPSA) is 52.7 Å². The fourth-order valence-corrected chi connectivity index (χ4v) is 2.01. The molecule has 0 atom stereocenters. The van der Waals surface area contributed by atoms with Gasteiger partial charge in [0.2, 0.25) is 0 Å². The van der Waals surface area contributed by atoms with Crippen LogP contribution >= 0.6 is 0 Å². The average Bonchev–Trinajstić information content (AvgIpc) is 2.64. The van der Waals surface area contributed by atoms with E-state index in [2.05, 4.69) is 9.97 Å². The van der Waals surface area contributed by atoms with Crippen LogP contribution in [0.1, 0.15) is 5.69 Å². The normalized spacial score (nSPS) is 11.0. The monoisotopic (exact) mass is 240 g/mol. The van der Waals surface area contributed by atoms with Crippen molar-refractivity contribution in [2.75, 3.05) is 0 Å². The Kier molecular flexibility index (Phi) is 2.26. The number of hydrogen-bond acceptors (Lipinski definition) is 3. The van der Waals surface area contributed by atoms with Crippen molar-refractivity contribution in [2.24, 2.45) is 7.05 Å². The quantitative estimate of drug-likeness (QED) is 0.646.